The first kappa shape index (κ1) is 24.4. The van der Waals surface area contributed by atoms with Gasteiger partial charge in [0.2, 0.25) is 9.84 Å². The van der Waals surface area contributed by atoms with Crippen molar-refractivity contribution in [1.82, 2.24) is 14.5 Å². The zero-order valence-corrected chi connectivity index (χ0v) is 20.8. The summed E-state index contributed by atoms with van der Waals surface area (Å²) in [6.45, 7) is 0.523. The van der Waals surface area contributed by atoms with Gasteiger partial charge in [0.15, 0.2) is 0 Å². The van der Waals surface area contributed by atoms with E-state index in [0.717, 1.165) is 12.8 Å². The third-order valence-electron chi connectivity index (χ3n) is 6.08. The molecular weight excluding hydrogens is 491 g/mol. The highest BCUT2D eigenvalue weighted by molar-refractivity contribution is 7.95. The number of ether oxygens (including phenoxy) is 1. The Morgan fingerprint density at radius 2 is 1.95 bits per heavy atom. The van der Waals surface area contributed by atoms with Gasteiger partial charge in [-0.3, -0.25) is 4.98 Å². The summed E-state index contributed by atoms with van der Waals surface area (Å²) in [7, 11) is -2.16. The molecule has 37 heavy (non-hydrogen) atoms. The van der Waals surface area contributed by atoms with Crippen LogP contribution in [-0.4, -0.2) is 29.6 Å². The molecule has 2 aromatic carbocycles. The van der Waals surface area contributed by atoms with Crippen LogP contribution in [0.25, 0.3) is 28.7 Å². The van der Waals surface area contributed by atoms with E-state index in [0.29, 0.717) is 46.5 Å². The van der Waals surface area contributed by atoms with Crippen molar-refractivity contribution in [3.8, 4) is 34.5 Å². The van der Waals surface area contributed by atoms with Crippen LogP contribution in [0.2, 0.25) is 0 Å². The zero-order valence-electron chi connectivity index (χ0n) is 20.0. The minimum Gasteiger partial charge on any atom is -0.492 e. The molecule has 1 aliphatic rings. The van der Waals surface area contributed by atoms with E-state index in [9.17, 15) is 18.1 Å². The molecule has 0 N–H and O–H groups in total. The summed E-state index contributed by atoms with van der Waals surface area (Å²) < 4.78 is 47.8. The molecule has 1 aliphatic carbocycles. The maximum Gasteiger partial charge on any atom is 0.216 e. The molecule has 2 aromatic heterocycles. The number of sulfone groups is 1. The quantitative estimate of drug-likeness (QED) is 0.292. The number of imidazole rings is 1. The smallest absolute Gasteiger partial charge is 0.216 e. The van der Waals surface area contributed by atoms with Crippen molar-refractivity contribution in [2.75, 3.05) is 6.61 Å². The fraction of sp³-hybridized carbons (Fsp3) is 0.179. The van der Waals surface area contributed by atoms with E-state index >= 15 is 0 Å². The van der Waals surface area contributed by atoms with Crippen LogP contribution in [0.1, 0.15) is 18.4 Å². The van der Waals surface area contributed by atoms with E-state index in [-0.39, 0.29) is 9.80 Å². The van der Waals surface area contributed by atoms with Gasteiger partial charge in [0, 0.05) is 24.9 Å². The van der Waals surface area contributed by atoms with Gasteiger partial charge in [0.1, 0.15) is 28.2 Å². The lowest BCUT2D eigenvalue weighted by atomic mass is 10.1. The Morgan fingerprint density at radius 1 is 1.16 bits per heavy atom. The number of hydrogen-bond donors (Lipinski definition) is 0. The van der Waals surface area contributed by atoms with Gasteiger partial charge in [-0.25, -0.2) is 17.8 Å². The van der Waals surface area contributed by atoms with E-state index in [1.54, 1.807) is 47.3 Å². The van der Waals surface area contributed by atoms with Crippen molar-refractivity contribution in [3.63, 3.8) is 0 Å². The predicted molar refractivity (Wildman–Crippen MR) is 137 cm³/mol. The number of allylic oxidation sites excluding steroid dienone is 1. The molecule has 0 atom stereocenters. The molecule has 0 spiro atoms. The van der Waals surface area contributed by atoms with Gasteiger partial charge in [-0.15, -0.1) is 0 Å². The van der Waals surface area contributed by atoms with Crippen LogP contribution in [0.15, 0.2) is 83.0 Å². The molecule has 0 unspecified atom stereocenters. The topological polar surface area (TPSA) is 97.9 Å². The maximum atomic E-state index is 14.1. The van der Waals surface area contributed by atoms with Crippen LogP contribution in [-0.2, 0) is 16.9 Å². The van der Waals surface area contributed by atoms with Crippen molar-refractivity contribution in [1.29, 1.82) is 5.26 Å². The van der Waals surface area contributed by atoms with E-state index in [4.69, 9.17) is 4.74 Å². The van der Waals surface area contributed by atoms with Crippen LogP contribution in [0.3, 0.4) is 0 Å². The molecule has 1 saturated carbocycles. The van der Waals surface area contributed by atoms with E-state index < -0.39 is 15.7 Å². The SMILES string of the molecule is Cn1cnc(-c2cc(/C=C(\C#N)S(=O)(=O)c3ccccc3)ccn2)c1-c1ccc(F)cc1OCC1CC1. The molecule has 5 rings (SSSR count). The summed E-state index contributed by atoms with van der Waals surface area (Å²) in [6.07, 6.45) is 6.69. The van der Waals surface area contributed by atoms with Crippen LogP contribution in [0.4, 0.5) is 4.39 Å². The summed E-state index contributed by atoms with van der Waals surface area (Å²) >= 11 is 0. The van der Waals surface area contributed by atoms with Crippen LogP contribution in [0, 0.1) is 23.1 Å². The lowest BCUT2D eigenvalue weighted by molar-refractivity contribution is 0.299. The number of halogens is 1. The summed E-state index contributed by atoms with van der Waals surface area (Å²) in [5.41, 5.74) is 2.81. The van der Waals surface area contributed by atoms with Crippen LogP contribution in [0.5, 0.6) is 5.75 Å². The van der Waals surface area contributed by atoms with Crippen molar-refractivity contribution >= 4 is 15.9 Å². The molecule has 4 aromatic rings. The number of nitriles is 1. The highest BCUT2D eigenvalue weighted by Gasteiger charge is 2.25. The highest BCUT2D eigenvalue weighted by Crippen LogP contribution is 2.38. The fourth-order valence-electron chi connectivity index (χ4n) is 3.95. The lowest BCUT2D eigenvalue weighted by Gasteiger charge is -2.13. The number of aromatic nitrogens is 3. The Hall–Kier alpha value is -4.29. The third kappa shape index (κ3) is 5.15. The molecule has 7 nitrogen and oxygen atoms in total. The standard InChI is InChI=1S/C28H23FN4O3S/c1-33-18-32-27(28(33)24-10-9-21(29)15-26(24)36-17-19-7-8-19)25-14-20(11-12-31-25)13-23(16-30)37(34,35)22-5-3-2-4-6-22/h2-6,9-15,18-19H,7-8,17H2,1H3/b23-13+. The molecule has 0 saturated heterocycles. The summed E-state index contributed by atoms with van der Waals surface area (Å²) in [5, 5.41) is 9.64. The Bertz CT molecular complexity index is 1640. The van der Waals surface area contributed by atoms with Crippen molar-refractivity contribution in [3.05, 3.63) is 89.5 Å². The Labute approximate surface area is 214 Å². The van der Waals surface area contributed by atoms with Gasteiger partial charge in [0.05, 0.1) is 29.2 Å². The Morgan fingerprint density at radius 3 is 2.68 bits per heavy atom. The maximum absolute atomic E-state index is 14.1. The lowest BCUT2D eigenvalue weighted by Crippen LogP contribution is -2.03. The third-order valence-corrected chi connectivity index (χ3v) is 7.77. The van der Waals surface area contributed by atoms with Gasteiger partial charge < -0.3 is 9.30 Å². The average Bonchev–Trinajstić information content (AvgIpc) is 3.66. The van der Waals surface area contributed by atoms with Crippen LogP contribution < -0.4 is 4.74 Å². The molecule has 1 fully saturated rings. The minimum atomic E-state index is -3.98. The molecular formula is C28H23FN4O3S. The van der Waals surface area contributed by atoms with Gasteiger partial charge >= 0.3 is 0 Å². The second-order valence-electron chi connectivity index (χ2n) is 8.86. The van der Waals surface area contributed by atoms with Crippen molar-refractivity contribution in [2.45, 2.75) is 17.7 Å². The first-order chi connectivity index (χ1) is 17.9. The number of hydrogen-bond acceptors (Lipinski definition) is 6. The Kier molecular flexibility index (Phi) is 6.59. The van der Waals surface area contributed by atoms with E-state index in [2.05, 4.69) is 9.97 Å². The normalized spacial score (nSPS) is 13.8. The van der Waals surface area contributed by atoms with Crippen LogP contribution >= 0.6 is 0 Å². The summed E-state index contributed by atoms with van der Waals surface area (Å²) in [4.78, 5) is 8.62. The molecule has 9 heteroatoms. The molecule has 0 aliphatic heterocycles. The first-order valence-electron chi connectivity index (χ1n) is 11.7. The van der Waals surface area contributed by atoms with E-state index in [1.807, 2.05) is 13.1 Å². The van der Waals surface area contributed by atoms with Gasteiger partial charge in [-0.05, 0) is 66.8 Å². The van der Waals surface area contributed by atoms with Gasteiger partial charge in [-0.2, -0.15) is 5.26 Å². The molecule has 0 bridgehead atoms. The number of pyridine rings is 1. The number of nitrogens with zero attached hydrogens (tertiary/aromatic N) is 4. The van der Waals surface area contributed by atoms with Crippen molar-refractivity contribution < 1.29 is 17.5 Å². The second kappa shape index (κ2) is 9.99. The van der Waals surface area contributed by atoms with Gasteiger partial charge in [-0.1, -0.05) is 18.2 Å². The van der Waals surface area contributed by atoms with Gasteiger partial charge in [0.25, 0.3) is 0 Å². The molecule has 2 heterocycles. The number of aryl methyl sites for hydroxylation is 1. The number of rotatable bonds is 8. The summed E-state index contributed by atoms with van der Waals surface area (Å²) in [6, 6.07) is 17.3. The Balaban J connectivity index is 1.54. The molecule has 0 amide bonds. The zero-order chi connectivity index (χ0) is 26.0. The highest BCUT2D eigenvalue weighted by atomic mass is 32.2. The summed E-state index contributed by atoms with van der Waals surface area (Å²) in [5.74, 6) is 0.523. The average molecular weight is 515 g/mol. The second-order valence-corrected chi connectivity index (χ2v) is 10.8. The number of benzene rings is 2. The molecule has 0 radical (unpaired) electrons. The largest absolute Gasteiger partial charge is 0.492 e. The monoisotopic (exact) mass is 514 g/mol. The van der Waals surface area contributed by atoms with E-state index in [1.165, 1.54) is 36.5 Å². The first-order valence-corrected chi connectivity index (χ1v) is 13.2. The predicted octanol–water partition coefficient (Wildman–Crippen LogP) is 5.42. The fourth-order valence-corrected chi connectivity index (χ4v) is 5.13. The van der Waals surface area contributed by atoms with Crippen molar-refractivity contribution in [2.24, 2.45) is 13.0 Å². The minimum absolute atomic E-state index is 0.0409. The molecule has 186 valence electrons.